The van der Waals surface area contributed by atoms with Crippen molar-refractivity contribution in [1.29, 1.82) is 5.26 Å². The summed E-state index contributed by atoms with van der Waals surface area (Å²) >= 11 is 1.99. The lowest BCUT2D eigenvalue weighted by molar-refractivity contribution is 0.464. The monoisotopic (exact) mass is 260 g/mol. The molecule has 2 nitrogen and oxygen atoms in total. The first kappa shape index (κ1) is 13.5. The maximum absolute atomic E-state index is 9.23. The van der Waals surface area contributed by atoms with Crippen molar-refractivity contribution >= 4 is 11.8 Å². The third-order valence-corrected chi connectivity index (χ3v) is 5.10. The Morgan fingerprint density at radius 3 is 3.00 bits per heavy atom. The summed E-state index contributed by atoms with van der Waals surface area (Å²) in [6, 6.07) is 11.1. The van der Waals surface area contributed by atoms with Crippen LogP contribution in [0.2, 0.25) is 0 Å². The van der Waals surface area contributed by atoms with Gasteiger partial charge < -0.3 is 5.32 Å². The largest absolute Gasteiger partial charge is 0.302 e. The fourth-order valence-corrected chi connectivity index (χ4v) is 3.84. The second-order valence-corrected chi connectivity index (χ2v) is 6.40. The maximum atomic E-state index is 9.23. The van der Waals surface area contributed by atoms with E-state index < -0.39 is 0 Å². The summed E-state index contributed by atoms with van der Waals surface area (Å²) in [4.78, 5) is 0. The highest BCUT2D eigenvalue weighted by molar-refractivity contribution is 7.99. The van der Waals surface area contributed by atoms with Crippen LogP contribution in [0.3, 0.4) is 0 Å². The zero-order valence-electron chi connectivity index (χ0n) is 11.1. The van der Waals surface area contributed by atoms with Crippen molar-refractivity contribution in [3.63, 3.8) is 0 Å². The number of rotatable bonds is 4. The molecule has 1 fully saturated rings. The molecule has 96 valence electrons. The first-order chi connectivity index (χ1) is 8.67. The topological polar surface area (TPSA) is 35.8 Å². The van der Waals surface area contributed by atoms with Gasteiger partial charge in [0, 0.05) is 11.0 Å². The van der Waals surface area contributed by atoms with E-state index in [1.54, 1.807) is 0 Å². The lowest BCUT2D eigenvalue weighted by Gasteiger charge is -2.19. The molecule has 2 unspecified atom stereocenters. The quantitative estimate of drug-likeness (QED) is 0.902. The van der Waals surface area contributed by atoms with Crippen LogP contribution in [0, 0.1) is 18.3 Å². The smallest absolute Gasteiger partial charge is 0.107 e. The van der Waals surface area contributed by atoms with Crippen molar-refractivity contribution in [2.75, 3.05) is 7.05 Å². The van der Waals surface area contributed by atoms with Gasteiger partial charge in [0.05, 0.1) is 6.07 Å². The Morgan fingerprint density at radius 1 is 1.56 bits per heavy atom. The molecule has 0 aromatic heterocycles. The van der Waals surface area contributed by atoms with Gasteiger partial charge in [-0.25, -0.2) is 0 Å². The number of aryl methyl sites for hydroxylation is 1. The normalized spacial score (nSPS) is 27.1. The van der Waals surface area contributed by atoms with Crippen LogP contribution in [0.5, 0.6) is 0 Å². The van der Waals surface area contributed by atoms with Crippen LogP contribution < -0.4 is 5.32 Å². The van der Waals surface area contributed by atoms with Gasteiger partial charge in [-0.2, -0.15) is 17.0 Å². The van der Waals surface area contributed by atoms with Gasteiger partial charge in [-0.05, 0) is 38.8 Å². The summed E-state index contributed by atoms with van der Waals surface area (Å²) in [5.41, 5.74) is 2.43. The molecule has 3 heteroatoms. The average Bonchev–Trinajstić information content (AvgIpc) is 2.81. The van der Waals surface area contributed by atoms with Gasteiger partial charge in [-0.3, -0.25) is 0 Å². The summed E-state index contributed by atoms with van der Waals surface area (Å²) < 4.78 is 0. The first-order valence-electron chi connectivity index (χ1n) is 6.45. The second-order valence-electron chi connectivity index (χ2n) is 5.11. The minimum absolute atomic E-state index is 0.274. The van der Waals surface area contributed by atoms with Crippen LogP contribution >= 0.6 is 11.8 Å². The van der Waals surface area contributed by atoms with E-state index in [-0.39, 0.29) is 5.54 Å². The molecule has 0 amide bonds. The molecular weight excluding hydrogens is 240 g/mol. The van der Waals surface area contributed by atoms with Gasteiger partial charge in [-0.1, -0.05) is 29.8 Å². The molecular formula is C15H20N2S. The predicted molar refractivity (Wildman–Crippen MR) is 77.5 cm³/mol. The molecule has 1 aromatic rings. The lowest BCUT2D eigenvalue weighted by atomic mass is 10.0. The van der Waals surface area contributed by atoms with E-state index in [4.69, 9.17) is 0 Å². The molecule has 0 saturated heterocycles. The van der Waals surface area contributed by atoms with Gasteiger partial charge >= 0.3 is 0 Å². The van der Waals surface area contributed by atoms with Crippen molar-refractivity contribution in [3.8, 4) is 6.07 Å². The Kier molecular flexibility index (Phi) is 4.31. The van der Waals surface area contributed by atoms with Crippen molar-refractivity contribution in [1.82, 2.24) is 5.32 Å². The summed E-state index contributed by atoms with van der Waals surface area (Å²) in [5, 5.41) is 13.0. The van der Waals surface area contributed by atoms with Crippen LogP contribution in [0.15, 0.2) is 24.3 Å². The second kappa shape index (κ2) is 5.77. The molecule has 0 aliphatic heterocycles. The third-order valence-electron chi connectivity index (χ3n) is 3.73. The van der Waals surface area contributed by atoms with E-state index in [1.807, 2.05) is 18.8 Å². The van der Waals surface area contributed by atoms with Crippen molar-refractivity contribution in [2.24, 2.45) is 0 Å². The number of hydrogen-bond donors (Lipinski definition) is 1. The van der Waals surface area contributed by atoms with Gasteiger partial charge in [0.2, 0.25) is 0 Å². The minimum atomic E-state index is -0.274. The van der Waals surface area contributed by atoms with Crippen molar-refractivity contribution in [3.05, 3.63) is 35.4 Å². The number of thioether (sulfide) groups is 1. The molecule has 2 rings (SSSR count). The molecule has 1 aliphatic rings. The third kappa shape index (κ3) is 3.07. The lowest BCUT2D eigenvalue weighted by Crippen LogP contribution is -2.38. The highest BCUT2D eigenvalue weighted by Gasteiger charge is 2.38. The predicted octanol–water partition coefficient (Wildman–Crippen LogP) is 3.26. The Balaban J connectivity index is 1.88. The summed E-state index contributed by atoms with van der Waals surface area (Å²) in [5.74, 6) is 1.05. The molecule has 1 aliphatic carbocycles. The Hall–Kier alpha value is -0.980. The molecule has 1 saturated carbocycles. The molecule has 0 spiro atoms. The van der Waals surface area contributed by atoms with Crippen LogP contribution in [0.25, 0.3) is 0 Å². The summed E-state index contributed by atoms with van der Waals surface area (Å²) in [6.45, 7) is 2.13. The zero-order valence-corrected chi connectivity index (χ0v) is 11.9. The zero-order chi connectivity index (χ0) is 13.0. The number of nitriles is 1. The Labute approximate surface area is 114 Å². The molecule has 2 atom stereocenters. The van der Waals surface area contributed by atoms with Gasteiger partial charge in [-0.15, -0.1) is 0 Å². The molecule has 18 heavy (non-hydrogen) atoms. The van der Waals surface area contributed by atoms with Crippen LogP contribution in [0.4, 0.5) is 0 Å². The van der Waals surface area contributed by atoms with E-state index in [9.17, 15) is 5.26 Å². The maximum Gasteiger partial charge on any atom is 0.107 e. The first-order valence-corrected chi connectivity index (χ1v) is 7.50. The SMILES string of the molecule is CNC1(C#N)CCC(SCc2cccc(C)c2)C1. The average molecular weight is 260 g/mol. The van der Waals surface area contributed by atoms with Gasteiger partial charge in [0.25, 0.3) is 0 Å². The molecule has 0 bridgehead atoms. The summed E-state index contributed by atoms with van der Waals surface area (Å²) in [6.07, 6.45) is 3.09. The van der Waals surface area contributed by atoms with E-state index in [0.29, 0.717) is 5.25 Å². The fourth-order valence-electron chi connectivity index (χ4n) is 2.54. The van der Waals surface area contributed by atoms with Crippen molar-refractivity contribution in [2.45, 2.75) is 42.7 Å². The van der Waals surface area contributed by atoms with Gasteiger partial charge in [0.15, 0.2) is 0 Å². The van der Waals surface area contributed by atoms with E-state index in [2.05, 4.69) is 42.6 Å². The molecule has 1 N–H and O–H groups in total. The molecule has 0 radical (unpaired) electrons. The summed E-state index contributed by atoms with van der Waals surface area (Å²) in [7, 11) is 1.90. The fraction of sp³-hybridized carbons (Fsp3) is 0.533. The van der Waals surface area contributed by atoms with E-state index in [1.165, 1.54) is 11.1 Å². The van der Waals surface area contributed by atoms with Crippen molar-refractivity contribution < 1.29 is 0 Å². The number of nitrogens with one attached hydrogen (secondary N) is 1. The molecule has 0 heterocycles. The minimum Gasteiger partial charge on any atom is -0.302 e. The van der Waals surface area contributed by atoms with Crippen LogP contribution in [-0.2, 0) is 5.75 Å². The van der Waals surface area contributed by atoms with Crippen LogP contribution in [0.1, 0.15) is 30.4 Å². The Bertz CT molecular complexity index is 452. The van der Waals surface area contributed by atoms with E-state index in [0.717, 1.165) is 25.0 Å². The van der Waals surface area contributed by atoms with Gasteiger partial charge in [0.1, 0.15) is 5.54 Å². The standard InChI is InChI=1S/C15H20N2S/c1-12-4-3-5-13(8-12)10-18-14-6-7-15(9-14,11-16)17-2/h3-5,8,14,17H,6-7,9-10H2,1-2H3. The highest BCUT2D eigenvalue weighted by atomic mass is 32.2. The number of benzene rings is 1. The number of nitrogens with zero attached hydrogens (tertiary/aromatic N) is 1. The Morgan fingerprint density at radius 2 is 2.39 bits per heavy atom. The molecule has 1 aromatic carbocycles. The van der Waals surface area contributed by atoms with E-state index >= 15 is 0 Å². The number of hydrogen-bond acceptors (Lipinski definition) is 3. The highest BCUT2D eigenvalue weighted by Crippen LogP contribution is 2.37. The van der Waals surface area contributed by atoms with Crippen LogP contribution in [-0.4, -0.2) is 17.8 Å².